The van der Waals surface area contributed by atoms with Crippen LogP contribution >= 0.6 is 0 Å². The molecule has 4 atom stereocenters. The lowest BCUT2D eigenvalue weighted by atomic mass is 9.82. The molecule has 0 heterocycles. The fourth-order valence-electron chi connectivity index (χ4n) is 3.58. The smallest absolute Gasteiger partial charge is 0.407 e. The molecule has 0 aromatic heterocycles. The molecule has 0 aromatic carbocycles. The summed E-state index contributed by atoms with van der Waals surface area (Å²) in [5.74, 6) is 2.11. The maximum atomic E-state index is 11.5. The standard InChI is InChI=1S/C14H23NO2/c1-3-5-6-12-10-7-8-11(9-10)13(12)15-14(16)17-4-2/h3,5,10-13H,4,6-9H2,1-2H3,(H,15,16)/b5-3-/t10-,11+,12+,13+/m1/s1. The first-order chi connectivity index (χ1) is 8.26. The van der Waals surface area contributed by atoms with Crippen LogP contribution < -0.4 is 5.32 Å². The van der Waals surface area contributed by atoms with E-state index >= 15 is 0 Å². The van der Waals surface area contributed by atoms with Gasteiger partial charge >= 0.3 is 6.09 Å². The molecule has 96 valence electrons. The van der Waals surface area contributed by atoms with E-state index in [0.717, 1.165) is 12.3 Å². The molecule has 0 aromatic rings. The summed E-state index contributed by atoms with van der Waals surface area (Å²) in [6.07, 6.45) is 9.09. The van der Waals surface area contributed by atoms with Crippen LogP contribution in [0.25, 0.3) is 0 Å². The Morgan fingerprint density at radius 2 is 2.18 bits per heavy atom. The number of rotatable bonds is 4. The van der Waals surface area contributed by atoms with Gasteiger partial charge in [-0.25, -0.2) is 4.79 Å². The van der Waals surface area contributed by atoms with Gasteiger partial charge in [-0.2, -0.15) is 0 Å². The number of carbonyl (C=O) groups excluding carboxylic acids is 1. The second-order valence-corrected chi connectivity index (χ2v) is 5.19. The summed E-state index contributed by atoms with van der Waals surface area (Å²) < 4.78 is 5.00. The zero-order chi connectivity index (χ0) is 12.3. The Labute approximate surface area is 104 Å². The second kappa shape index (κ2) is 5.56. The average Bonchev–Trinajstić information content (AvgIpc) is 2.88. The number of alkyl carbamates (subject to hydrolysis) is 1. The lowest BCUT2D eigenvalue weighted by Gasteiger charge is -2.30. The van der Waals surface area contributed by atoms with E-state index in [4.69, 9.17) is 4.74 Å². The van der Waals surface area contributed by atoms with E-state index in [1.54, 1.807) is 0 Å². The number of ether oxygens (including phenoxy) is 1. The van der Waals surface area contributed by atoms with Crippen LogP contribution in [0.15, 0.2) is 12.2 Å². The quantitative estimate of drug-likeness (QED) is 0.763. The van der Waals surface area contributed by atoms with Crippen LogP contribution in [-0.4, -0.2) is 18.7 Å². The predicted octanol–water partition coefficient (Wildman–Crippen LogP) is 3.11. The molecule has 2 aliphatic rings. The first-order valence-electron chi connectivity index (χ1n) is 6.80. The summed E-state index contributed by atoms with van der Waals surface area (Å²) in [5.41, 5.74) is 0. The van der Waals surface area contributed by atoms with E-state index in [-0.39, 0.29) is 6.09 Å². The van der Waals surface area contributed by atoms with Crippen molar-refractivity contribution in [1.82, 2.24) is 5.32 Å². The van der Waals surface area contributed by atoms with E-state index in [1.807, 2.05) is 6.92 Å². The lowest BCUT2D eigenvalue weighted by molar-refractivity contribution is 0.136. The topological polar surface area (TPSA) is 38.3 Å². The van der Waals surface area contributed by atoms with E-state index in [2.05, 4.69) is 24.4 Å². The average molecular weight is 237 g/mol. The largest absolute Gasteiger partial charge is 0.450 e. The molecule has 0 saturated heterocycles. The third-order valence-corrected chi connectivity index (χ3v) is 4.29. The van der Waals surface area contributed by atoms with Gasteiger partial charge in [0.15, 0.2) is 0 Å². The minimum absolute atomic E-state index is 0.240. The predicted molar refractivity (Wildman–Crippen MR) is 67.7 cm³/mol. The van der Waals surface area contributed by atoms with Crippen molar-refractivity contribution in [1.29, 1.82) is 0 Å². The molecule has 3 nitrogen and oxygen atoms in total. The van der Waals surface area contributed by atoms with Gasteiger partial charge in [-0.3, -0.25) is 0 Å². The summed E-state index contributed by atoms with van der Waals surface area (Å²) in [6.45, 7) is 4.35. The van der Waals surface area contributed by atoms with E-state index in [0.29, 0.717) is 24.5 Å². The molecular weight excluding hydrogens is 214 g/mol. The van der Waals surface area contributed by atoms with Crippen LogP contribution in [0.5, 0.6) is 0 Å². The van der Waals surface area contributed by atoms with Gasteiger partial charge < -0.3 is 10.1 Å². The van der Waals surface area contributed by atoms with Gasteiger partial charge in [-0.1, -0.05) is 12.2 Å². The van der Waals surface area contributed by atoms with Gasteiger partial charge in [0.25, 0.3) is 0 Å². The lowest BCUT2D eigenvalue weighted by Crippen LogP contribution is -2.44. The summed E-state index contributed by atoms with van der Waals surface area (Å²) in [5, 5.41) is 3.08. The van der Waals surface area contributed by atoms with Gasteiger partial charge in [0.05, 0.1) is 6.61 Å². The van der Waals surface area contributed by atoms with Gasteiger partial charge in [-0.15, -0.1) is 0 Å². The summed E-state index contributed by atoms with van der Waals surface area (Å²) in [4.78, 5) is 11.5. The number of amides is 1. The molecule has 2 aliphatic carbocycles. The van der Waals surface area contributed by atoms with E-state index in [1.165, 1.54) is 19.3 Å². The number of carbonyl (C=O) groups is 1. The Morgan fingerprint density at radius 1 is 1.41 bits per heavy atom. The maximum absolute atomic E-state index is 11.5. The van der Waals surface area contributed by atoms with Crippen LogP contribution in [-0.2, 0) is 4.74 Å². The molecule has 0 radical (unpaired) electrons. The van der Waals surface area contributed by atoms with Crippen LogP contribution in [0.2, 0.25) is 0 Å². The molecule has 0 unspecified atom stereocenters. The number of allylic oxidation sites excluding steroid dienone is 2. The highest BCUT2D eigenvalue weighted by Crippen LogP contribution is 2.49. The first-order valence-corrected chi connectivity index (χ1v) is 6.80. The van der Waals surface area contributed by atoms with Gasteiger partial charge in [-0.05, 0) is 57.3 Å². The van der Waals surface area contributed by atoms with E-state index in [9.17, 15) is 4.79 Å². The van der Waals surface area contributed by atoms with Crippen molar-refractivity contribution in [2.24, 2.45) is 17.8 Å². The number of fused-ring (bicyclic) bond motifs is 2. The Morgan fingerprint density at radius 3 is 2.88 bits per heavy atom. The normalized spacial score (nSPS) is 35.4. The fraction of sp³-hybridized carbons (Fsp3) is 0.786. The maximum Gasteiger partial charge on any atom is 0.407 e. The van der Waals surface area contributed by atoms with Crippen molar-refractivity contribution in [3.8, 4) is 0 Å². The molecule has 3 heteroatoms. The summed E-state index contributed by atoms with van der Waals surface area (Å²) >= 11 is 0. The highest BCUT2D eigenvalue weighted by Gasteiger charge is 2.47. The molecule has 17 heavy (non-hydrogen) atoms. The number of hydrogen-bond acceptors (Lipinski definition) is 2. The van der Waals surface area contributed by atoms with Crippen LogP contribution in [0, 0.1) is 17.8 Å². The summed E-state index contributed by atoms with van der Waals surface area (Å²) in [6, 6.07) is 0.337. The van der Waals surface area contributed by atoms with Crippen LogP contribution in [0.1, 0.15) is 39.5 Å². The number of hydrogen-bond donors (Lipinski definition) is 1. The molecule has 2 rings (SSSR count). The van der Waals surface area contributed by atoms with Crippen molar-refractivity contribution in [3.63, 3.8) is 0 Å². The van der Waals surface area contributed by atoms with Crippen LogP contribution in [0.4, 0.5) is 4.79 Å². The third kappa shape index (κ3) is 2.64. The highest BCUT2D eigenvalue weighted by molar-refractivity contribution is 5.67. The van der Waals surface area contributed by atoms with E-state index < -0.39 is 0 Å². The highest BCUT2D eigenvalue weighted by atomic mass is 16.5. The fourth-order valence-corrected chi connectivity index (χ4v) is 3.58. The molecular formula is C14H23NO2. The molecule has 1 amide bonds. The molecule has 2 saturated carbocycles. The van der Waals surface area contributed by atoms with Crippen molar-refractivity contribution in [3.05, 3.63) is 12.2 Å². The van der Waals surface area contributed by atoms with Crippen molar-refractivity contribution < 1.29 is 9.53 Å². The van der Waals surface area contributed by atoms with Gasteiger partial charge in [0.2, 0.25) is 0 Å². The van der Waals surface area contributed by atoms with Gasteiger partial charge in [0.1, 0.15) is 0 Å². The molecule has 1 N–H and O–H groups in total. The van der Waals surface area contributed by atoms with Crippen molar-refractivity contribution >= 4 is 6.09 Å². The second-order valence-electron chi connectivity index (χ2n) is 5.19. The Hall–Kier alpha value is -0.990. The Balaban J connectivity index is 1.95. The van der Waals surface area contributed by atoms with Crippen LogP contribution in [0.3, 0.4) is 0 Å². The van der Waals surface area contributed by atoms with Crippen molar-refractivity contribution in [2.45, 2.75) is 45.6 Å². The SMILES string of the molecule is C/C=C\C[C@H]1[C@@H]2CC[C@@H](C2)[C@@H]1NC(=O)OCC. The molecule has 2 bridgehead atoms. The minimum atomic E-state index is -0.240. The molecule has 0 aliphatic heterocycles. The minimum Gasteiger partial charge on any atom is -0.450 e. The molecule has 0 spiro atoms. The Kier molecular flexibility index (Phi) is 4.08. The third-order valence-electron chi connectivity index (χ3n) is 4.29. The van der Waals surface area contributed by atoms with Gasteiger partial charge in [0, 0.05) is 6.04 Å². The summed E-state index contributed by atoms with van der Waals surface area (Å²) in [7, 11) is 0. The van der Waals surface area contributed by atoms with Crippen molar-refractivity contribution in [2.75, 3.05) is 6.61 Å². The zero-order valence-electron chi connectivity index (χ0n) is 10.8. The Bertz CT molecular complexity index is 301. The molecule has 2 fully saturated rings. The monoisotopic (exact) mass is 237 g/mol. The number of nitrogens with one attached hydrogen (secondary N) is 1. The zero-order valence-corrected chi connectivity index (χ0v) is 10.8. The first kappa shape index (κ1) is 12.5.